The summed E-state index contributed by atoms with van der Waals surface area (Å²) in [5.41, 5.74) is 1.77. The highest BCUT2D eigenvalue weighted by Gasteiger charge is 2.40. The molecule has 0 aliphatic carbocycles. The van der Waals surface area contributed by atoms with Gasteiger partial charge in [-0.25, -0.2) is 0 Å². The van der Waals surface area contributed by atoms with E-state index in [1.807, 2.05) is 11.0 Å². The van der Waals surface area contributed by atoms with Crippen LogP contribution in [-0.2, 0) is 11.3 Å². The molecule has 2 fully saturated rings. The van der Waals surface area contributed by atoms with E-state index in [-0.39, 0.29) is 11.5 Å². The van der Waals surface area contributed by atoms with Crippen molar-refractivity contribution in [2.24, 2.45) is 0 Å². The van der Waals surface area contributed by atoms with E-state index < -0.39 is 0 Å². The molecular weight excluding hydrogens is 318 g/mol. The van der Waals surface area contributed by atoms with Crippen molar-refractivity contribution in [1.29, 1.82) is 0 Å². The largest absolute Gasteiger partial charge is 0.472 e. The summed E-state index contributed by atoms with van der Waals surface area (Å²) >= 11 is 0. The molecule has 0 unspecified atom stereocenters. The van der Waals surface area contributed by atoms with Crippen LogP contribution in [0.25, 0.3) is 0 Å². The molecule has 2 aromatic heterocycles. The van der Waals surface area contributed by atoms with Gasteiger partial charge >= 0.3 is 0 Å². The number of rotatable bonds is 3. The monoisotopic (exact) mass is 341 g/mol. The van der Waals surface area contributed by atoms with E-state index in [2.05, 4.69) is 9.88 Å². The van der Waals surface area contributed by atoms with Crippen LogP contribution in [0.2, 0.25) is 0 Å². The van der Waals surface area contributed by atoms with Gasteiger partial charge in [-0.3, -0.25) is 14.7 Å². The summed E-state index contributed by atoms with van der Waals surface area (Å²) in [5, 5.41) is 0. The number of carbonyl (C=O) groups is 1. The van der Waals surface area contributed by atoms with Gasteiger partial charge in [-0.05, 0) is 31.0 Å². The lowest BCUT2D eigenvalue weighted by molar-refractivity contribution is -0.134. The molecule has 25 heavy (non-hydrogen) atoms. The molecule has 0 saturated carbocycles. The number of morpholine rings is 1. The Morgan fingerprint density at radius 3 is 2.68 bits per heavy atom. The van der Waals surface area contributed by atoms with Gasteiger partial charge in [0.2, 0.25) is 0 Å². The van der Waals surface area contributed by atoms with Crippen molar-refractivity contribution in [3.05, 3.63) is 54.2 Å². The van der Waals surface area contributed by atoms with Gasteiger partial charge < -0.3 is 14.1 Å². The predicted molar refractivity (Wildman–Crippen MR) is 92.0 cm³/mol. The second-order valence-electron chi connectivity index (χ2n) is 6.90. The summed E-state index contributed by atoms with van der Waals surface area (Å²) in [5.74, 6) is 0.0864. The van der Waals surface area contributed by atoms with Gasteiger partial charge in [-0.15, -0.1) is 0 Å². The fraction of sp³-hybridized carbons (Fsp3) is 0.474. The Bertz CT molecular complexity index is 694. The molecule has 0 aromatic carbocycles. The molecule has 4 rings (SSSR count). The SMILES string of the molecule is O=C(c1ccncc1)N1CCC2(CC1)CN(Cc1ccoc1)CCO2. The number of pyridine rings is 1. The highest BCUT2D eigenvalue weighted by Crippen LogP contribution is 2.31. The number of hydrogen-bond acceptors (Lipinski definition) is 5. The minimum atomic E-state index is -0.128. The van der Waals surface area contributed by atoms with E-state index in [9.17, 15) is 4.79 Å². The van der Waals surface area contributed by atoms with Crippen LogP contribution in [0, 0.1) is 0 Å². The third kappa shape index (κ3) is 3.60. The maximum absolute atomic E-state index is 12.6. The Balaban J connectivity index is 1.36. The number of carbonyl (C=O) groups excluding carboxylic acids is 1. The normalized spacial score (nSPS) is 20.7. The molecule has 132 valence electrons. The number of piperidine rings is 1. The van der Waals surface area contributed by atoms with Gasteiger partial charge in [0.25, 0.3) is 5.91 Å². The standard InChI is InChI=1S/C19H23N3O3/c23-18(17-1-6-20-7-2-17)22-8-4-19(5-9-22)15-21(10-12-25-19)13-16-3-11-24-14-16/h1-3,6-7,11,14H,4-5,8-10,12-13,15H2. The number of furan rings is 1. The van der Waals surface area contributed by atoms with Crippen molar-refractivity contribution >= 4 is 5.91 Å². The maximum atomic E-state index is 12.6. The number of amides is 1. The van der Waals surface area contributed by atoms with E-state index >= 15 is 0 Å². The first-order valence-electron chi connectivity index (χ1n) is 8.81. The summed E-state index contributed by atoms with van der Waals surface area (Å²) in [6.45, 7) is 4.96. The zero-order valence-corrected chi connectivity index (χ0v) is 14.3. The predicted octanol–water partition coefficient (Wildman–Crippen LogP) is 2.18. The van der Waals surface area contributed by atoms with Crippen LogP contribution in [0.4, 0.5) is 0 Å². The zero-order chi connectivity index (χ0) is 17.1. The fourth-order valence-corrected chi connectivity index (χ4v) is 3.80. The first kappa shape index (κ1) is 16.3. The minimum Gasteiger partial charge on any atom is -0.472 e. The molecular formula is C19H23N3O3. The molecule has 0 atom stereocenters. The first-order valence-corrected chi connectivity index (χ1v) is 8.81. The molecule has 6 nitrogen and oxygen atoms in total. The van der Waals surface area contributed by atoms with E-state index in [4.69, 9.17) is 9.15 Å². The van der Waals surface area contributed by atoms with Gasteiger partial charge in [-0.1, -0.05) is 0 Å². The van der Waals surface area contributed by atoms with Gasteiger partial charge in [-0.2, -0.15) is 0 Å². The van der Waals surface area contributed by atoms with E-state index in [1.165, 1.54) is 5.56 Å². The van der Waals surface area contributed by atoms with Gasteiger partial charge in [0.05, 0.1) is 24.7 Å². The lowest BCUT2D eigenvalue weighted by atomic mass is 9.89. The summed E-state index contributed by atoms with van der Waals surface area (Å²) in [6.07, 6.45) is 8.61. The van der Waals surface area contributed by atoms with Crippen molar-refractivity contribution in [2.75, 3.05) is 32.8 Å². The molecule has 0 radical (unpaired) electrons. The van der Waals surface area contributed by atoms with Crippen LogP contribution >= 0.6 is 0 Å². The average Bonchev–Trinajstić information content (AvgIpc) is 3.16. The number of likely N-dealkylation sites (tertiary alicyclic amines) is 1. The third-order valence-corrected chi connectivity index (χ3v) is 5.20. The fourth-order valence-electron chi connectivity index (χ4n) is 3.80. The average molecular weight is 341 g/mol. The molecule has 2 saturated heterocycles. The van der Waals surface area contributed by atoms with Crippen LogP contribution in [-0.4, -0.2) is 59.1 Å². The number of nitrogens with zero attached hydrogens (tertiary/aromatic N) is 3. The topological polar surface area (TPSA) is 58.8 Å². The highest BCUT2D eigenvalue weighted by molar-refractivity contribution is 5.94. The molecule has 2 aliphatic heterocycles. The number of aromatic nitrogens is 1. The minimum absolute atomic E-state index is 0.0864. The van der Waals surface area contributed by atoms with E-state index in [0.29, 0.717) is 5.56 Å². The van der Waals surface area contributed by atoms with Crippen molar-refractivity contribution in [3.63, 3.8) is 0 Å². The molecule has 0 bridgehead atoms. The second kappa shape index (κ2) is 6.98. The number of ether oxygens (including phenoxy) is 1. The molecule has 2 aromatic rings. The summed E-state index contributed by atoms with van der Waals surface area (Å²) in [6, 6.07) is 5.56. The van der Waals surface area contributed by atoms with Crippen LogP contribution < -0.4 is 0 Å². The van der Waals surface area contributed by atoms with Crippen LogP contribution in [0.1, 0.15) is 28.8 Å². The van der Waals surface area contributed by atoms with Crippen molar-refractivity contribution in [2.45, 2.75) is 25.0 Å². The van der Waals surface area contributed by atoms with E-state index in [1.54, 1.807) is 37.1 Å². The van der Waals surface area contributed by atoms with Gasteiger partial charge in [0.1, 0.15) is 0 Å². The molecule has 6 heteroatoms. The van der Waals surface area contributed by atoms with E-state index in [0.717, 1.165) is 52.2 Å². The molecule has 1 spiro atoms. The number of hydrogen-bond donors (Lipinski definition) is 0. The van der Waals surface area contributed by atoms with Crippen LogP contribution in [0.5, 0.6) is 0 Å². The molecule has 0 N–H and O–H groups in total. The first-order chi connectivity index (χ1) is 12.2. The Morgan fingerprint density at radius 1 is 1.16 bits per heavy atom. The molecule has 1 amide bonds. The second-order valence-corrected chi connectivity index (χ2v) is 6.90. The molecule has 4 heterocycles. The van der Waals surface area contributed by atoms with Crippen LogP contribution in [0.3, 0.4) is 0 Å². The molecule has 2 aliphatic rings. The Morgan fingerprint density at radius 2 is 1.96 bits per heavy atom. The smallest absolute Gasteiger partial charge is 0.253 e. The Hall–Kier alpha value is -2.18. The van der Waals surface area contributed by atoms with Crippen molar-refractivity contribution in [1.82, 2.24) is 14.8 Å². The summed E-state index contributed by atoms with van der Waals surface area (Å²) in [4.78, 5) is 20.9. The lowest BCUT2D eigenvalue weighted by Gasteiger charge is -2.47. The van der Waals surface area contributed by atoms with Crippen molar-refractivity contribution < 1.29 is 13.9 Å². The summed E-state index contributed by atoms with van der Waals surface area (Å²) < 4.78 is 11.3. The lowest BCUT2D eigenvalue weighted by Crippen LogP contribution is -2.57. The van der Waals surface area contributed by atoms with Crippen LogP contribution in [0.15, 0.2) is 47.5 Å². The zero-order valence-electron chi connectivity index (χ0n) is 14.3. The van der Waals surface area contributed by atoms with Gasteiger partial charge in [0.15, 0.2) is 0 Å². The third-order valence-electron chi connectivity index (χ3n) is 5.20. The summed E-state index contributed by atoms with van der Waals surface area (Å²) in [7, 11) is 0. The Labute approximate surface area is 147 Å². The van der Waals surface area contributed by atoms with Gasteiger partial charge in [0, 0.05) is 56.2 Å². The quantitative estimate of drug-likeness (QED) is 0.856. The van der Waals surface area contributed by atoms with Crippen molar-refractivity contribution in [3.8, 4) is 0 Å². The highest BCUT2D eigenvalue weighted by atomic mass is 16.5. The maximum Gasteiger partial charge on any atom is 0.253 e. The Kier molecular flexibility index (Phi) is 4.55.